The van der Waals surface area contributed by atoms with Crippen molar-refractivity contribution < 1.29 is 14.3 Å². The lowest BCUT2D eigenvalue weighted by atomic mass is 10.1. The molecule has 184 valence electrons. The van der Waals surface area contributed by atoms with E-state index in [0.717, 1.165) is 16.0 Å². The number of hydrogen-bond donors (Lipinski definition) is 2. The van der Waals surface area contributed by atoms with E-state index in [-0.39, 0.29) is 17.3 Å². The van der Waals surface area contributed by atoms with Crippen molar-refractivity contribution in [3.05, 3.63) is 88.4 Å². The van der Waals surface area contributed by atoms with Crippen LogP contribution >= 0.6 is 11.6 Å². The number of nitrogens with zero attached hydrogens (tertiary/aromatic N) is 2. The van der Waals surface area contributed by atoms with Crippen molar-refractivity contribution in [3.63, 3.8) is 0 Å². The van der Waals surface area contributed by atoms with Crippen LogP contribution in [0.4, 0.5) is 10.5 Å². The molecule has 3 N–H and O–H groups in total. The van der Waals surface area contributed by atoms with Gasteiger partial charge in [0.2, 0.25) is 5.96 Å². The number of carbonyl (C=O) groups is 1. The molecule has 0 bridgehead atoms. The first-order valence-electron chi connectivity index (χ1n) is 11.5. The van der Waals surface area contributed by atoms with E-state index in [4.69, 9.17) is 32.2 Å². The quantitative estimate of drug-likeness (QED) is 0.283. The van der Waals surface area contributed by atoms with Crippen LogP contribution < -0.4 is 20.1 Å². The summed E-state index contributed by atoms with van der Waals surface area (Å²) in [5, 5.41) is 8.37. The standard InChI is InChI=1S/C27H31ClN4O3/c1-4-31(5-2)27(33)32(26(29)30)25-19(3)22(34-17-20-12-8-6-9-13-20)16-23(24(25)28)35-18-21-14-10-7-11-15-21/h6-16H,4-5,17-18H2,1-3H3,(H3,29,30). The van der Waals surface area contributed by atoms with Gasteiger partial charge in [0.1, 0.15) is 29.7 Å². The molecule has 0 radical (unpaired) electrons. The van der Waals surface area contributed by atoms with Crippen LogP contribution in [-0.4, -0.2) is 30.0 Å². The molecule has 0 aromatic heterocycles. The highest BCUT2D eigenvalue weighted by Crippen LogP contribution is 2.43. The second-order valence-electron chi connectivity index (χ2n) is 7.88. The number of nitrogens with two attached hydrogens (primary N) is 1. The molecule has 0 saturated heterocycles. The molecule has 0 aliphatic carbocycles. The maximum atomic E-state index is 13.3. The van der Waals surface area contributed by atoms with Gasteiger partial charge in [-0.1, -0.05) is 72.3 Å². The summed E-state index contributed by atoms with van der Waals surface area (Å²) in [4.78, 5) is 16.0. The minimum atomic E-state index is -0.443. The van der Waals surface area contributed by atoms with Crippen molar-refractivity contribution in [1.29, 1.82) is 5.41 Å². The number of benzene rings is 3. The van der Waals surface area contributed by atoms with Gasteiger partial charge < -0.3 is 20.1 Å². The van der Waals surface area contributed by atoms with Crippen LogP contribution in [0.2, 0.25) is 5.02 Å². The summed E-state index contributed by atoms with van der Waals surface area (Å²) in [6.07, 6.45) is 0. The van der Waals surface area contributed by atoms with Crippen LogP contribution in [0.1, 0.15) is 30.5 Å². The second kappa shape index (κ2) is 12.1. The Labute approximate surface area is 211 Å². The SMILES string of the molecule is CCN(CC)C(=O)N(C(=N)N)c1c(C)c(OCc2ccccc2)cc(OCc2ccccc2)c1Cl. The summed E-state index contributed by atoms with van der Waals surface area (Å²) in [6, 6.07) is 20.7. The van der Waals surface area contributed by atoms with Gasteiger partial charge in [-0.2, -0.15) is 0 Å². The summed E-state index contributed by atoms with van der Waals surface area (Å²) in [5.74, 6) is 0.369. The van der Waals surface area contributed by atoms with Gasteiger partial charge in [0, 0.05) is 24.7 Å². The third kappa shape index (κ3) is 6.25. The zero-order chi connectivity index (χ0) is 25.4. The average molecular weight is 495 g/mol. The third-order valence-electron chi connectivity index (χ3n) is 5.58. The Morgan fingerprint density at radius 3 is 1.86 bits per heavy atom. The normalized spacial score (nSPS) is 10.5. The smallest absolute Gasteiger partial charge is 0.331 e. The fourth-order valence-corrected chi connectivity index (χ4v) is 3.97. The summed E-state index contributed by atoms with van der Waals surface area (Å²) in [6.45, 7) is 7.00. The Morgan fingerprint density at radius 2 is 1.40 bits per heavy atom. The number of urea groups is 1. The molecule has 0 aliphatic rings. The van der Waals surface area contributed by atoms with Gasteiger partial charge in [0.05, 0.1) is 5.69 Å². The summed E-state index contributed by atoms with van der Waals surface area (Å²) >= 11 is 6.80. The highest BCUT2D eigenvalue weighted by atomic mass is 35.5. The molecule has 0 spiro atoms. The van der Waals surface area contributed by atoms with Gasteiger partial charge in [0.15, 0.2) is 0 Å². The molecule has 0 saturated carbocycles. The molecule has 0 aliphatic heterocycles. The number of carbonyl (C=O) groups excluding carboxylic acids is 1. The topological polar surface area (TPSA) is 91.9 Å². The molecule has 3 aromatic carbocycles. The summed E-state index contributed by atoms with van der Waals surface area (Å²) < 4.78 is 12.2. The molecule has 7 nitrogen and oxygen atoms in total. The monoisotopic (exact) mass is 494 g/mol. The zero-order valence-electron chi connectivity index (χ0n) is 20.3. The van der Waals surface area contributed by atoms with E-state index in [1.165, 1.54) is 0 Å². The number of rotatable bonds is 9. The number of guanidine groups is 1. The lowest BCUT2D eigenvalue weighted by Gasteiger charge is -2.30. The Balaban J connectivity index is 2.06. The molecule has 8 heteroatoms. The van der Waals surface area contributed by atoms with Gasteiger partial charge in [-0.3, -0.25) is 5.41 Å². The van der Waals surface area contributed by atoms with E-state index in [0.29, 0.717) is 36.8 Å². The lowest BCUT2D eigenvalue weighted by Crippen LogP contribution is -2.49. The largest absolute Gasteiger partial charge is 0.488 e. The predicted octanol–water partition coefficient (Wildman–Crippen LogP) is 5.97. The Hall–Kier alpha value is -3.71. The van der Waals surface area contributed by atoms with Crippen molar-refractivity contribution in [2.45, 2.75) is 34.0 Å². The minimum absolute atomic E-state index is 0.182. The van der Waals surface area contributed by atoms with Crippen molar-refractivity contribution in [2.75, 3.05) is 18.0 Å². The van der Waals surface area contributed by atoms with Gasteiger partial charge in [-0.05, 0) is 31.9 Å². The van der Waals surface area contributed by atoms with Crippen molar-refractivity contribution in [2.24, 2.45) is 5.73 Å². The highest BCUT2D eigenvalue weighted by molar-refractivity contribution is 6.37. The molecule has 0 heterocycles. The lowest BCUT2D eigenvalue weighted by molar-refractivity contribution is 0.213. The van der Waals surface area contributed by atoms with Crippen LogP contribution in [0.25, 0.3) is 0 Å². The Kier molecular flexibility index (Phi) is 8.98. The fraction of sp³-hybridized carbons (Fsp3) is 0.259. The van der Waals surface area contributed by atoms with Crippen LogP contribution in [-0.2, 0) is 13.2 Å². The minimum Gasteiger partial charge on any atom is -0.488 e. The first kappa shape index (κ1) is 25.9. The summed E-state index contributed by atoms with van der Waals surface area (Å²) in [5.41, 5.74) is 8.69. The van der Waals surface area contributed by atoms with E-state index < -0.39 is 12.0 Å². The van der Waals surface area contributed by atoms with Crippen molar-refractivity contribution in [3.8, 4) is 11.5 Å². The molecule has 0 atom stereocenters. The second-order valence-corrected chi connectivity index (χ2v) is 8.26. The van der Waals surface area contributed by atoms with Gasteiger partial charge >= 0.3 is 6.03 Å². The Morgan fingerprint density at radius 1 is 0.914 bits per heavy atom. The van der Waals surface area contributed by atoms with Crippen LogP contribution in [0.5, 0.6) is 11.5 Å². The zero-order valence-corrected chi connectivity index (χ0v) is 21.0. The molecular weight excluding hydrogens is 464 g/mol. The average Bonchev–Trinajstić information content (AvgIpc) is 2.87. The van der Waals surface area contributed by atoms with E-state index >= 15 is 0 Å². The molecule has 2 amide bonds. The molecule has 0 fully saturated rings. The number of anilines is 1. The van der Waals surface area contributed by atoms with E-state index in [1.54, 1.807) is 17.9 Å². The van der Waals surface area contributed by atoms with Crippen LogP contribution in [0.3, 0.4) is 0 Å². The van der Waals surface area contributed by atoms with Crippen LogP contribution in [0.15, 0.2) is 66.7 Å². The predicted molar refractivity (Wildman–Crippen MR) is 140 cm³/mol. The van der Waals surface area contributed by atoms with Crippen molar-refractivity contribution >= 4 is 29.3 Å². The van der Waals surface area contributed by atoms with Gasteiger partial charge in [-0.25, -0.2) is 9.69 Å². The van der Waals surface area contributed by atoms with E-state index in [1.807, 2.05) is 74.5 Å². The number of ether oxygens (including phenoxy) is 2. The molecule has 35 heavy (non-hydrogen) atoms. The maximum Gasteiger partial charge on any atom is 0.331 e. The number of hydrogen-bond acceptors (Lipinski definition) is 4. The molecular formula is C27H31ClN4O3. The van der Waals surface area contributed by atoms with Gasteiger partial charge in [-0.15, -0.1) is 0 Å². The van der Waals surface area contributed by atoms with Crippen molar-refractivity contribution in [1.82, 2.24) is 4.90 Å². The van der Waals surface area contributed by atoms with Crippen LogP contribution in [0, 0.1) is 12.3 Å². The summed E-state index contributed by atoms with van der Waals surface area (Å²) in [7, 11) is 0. The first-order valence-corrected chi connectivity index (χ1v) is 11.8. The van der Waals surface area contributed by atoms with Gasteiger partial charge in [0.25, 0.3) is 0 Å². The fourth-order valence-electron chi connectivity index (χ4n) is 3.63. The Bertz CT molecular complexity index is 1080. The molecule has 0 unspecified atom stereocenters. The van der Waals surface area contributed by atoms with E-state index in [2.05, 4.69) is 0 Å². The first-order chi connectivity index (χ1) is 16.9. The van der Waals surface area contributed by atoms with E-state index in [9.17, 15) is 4.79 Å². The number of halogens is 1. The number of amides is 2. The number of nitrogens with one attached hydrogen (secondary N) is 1. The maximum absolute atomic E-state index is 13.3. The third-order valence-corrected chi connectivity index (χ3v) is 5.94. The molecule has 3 aromatic rings. The molecule has 3 rings (SSSR count). The highest BCUT2D eigenvalue weighted by Gasteiger charge is 2.30.